The van der Waals surface area contributed by atoms with Gasteiger partial charge in [0.05, 0.1) is 10.6 Å². The largest absolute Gasteiger partial charge is 0.506 e. The Bertz CT molecular complexity index is 2420. The van der Waals surface area contributed by atoms with Crippen LogP contribution in [0, 0.1) is 0 Å². The SMILES string of the molecule is Nc1nc(Cl)nc(Nc2cc(S(=O)(=O)O)cc3cc(S(=O)(=O)O)c(N=Nc4c(O)cc(S(=O)(=O)O)c5ccccc45)c(O)c23)n1. The second kappa shape index (κ2) is 11.0. The summed E-state index contributed by atoms with van der Waals surface area (Å²) in [6.45, 7) is 0. The molecule has 8 N–H and O–H groups in total. The van der Waals surface area contributed by atoms with E-state index in [1.54, 1.807) is 0 Å². The molecule has 234 valence electrons. The molecule has 0 atom stereocenters. The van der Waals surface area contributed by atoms with E-state index in [1.807, 2.05) is 0 Å². The molecule has 0 amide bonds. The predicted molar refractivity (Wildman–Crippen MR) is 157 cm³/mol. The molecule has 18 nitrogen and oxygen atoms in total. The summed E-state index contributed by atoms with van der Waals surface area (Å²) >= 11 is 5.80. The van der Waals surface area contributed by atoms with Crippen molar-refractivity contribution < 1.29 is 49.1 Å². The number of aromatic nitrogens is 3. The minimum Gasteiger partial charge on any atom is -0.506 e. The number of fused-ring (bicyclic) bond motifs is 2. The van der Waals surface area contributed by atoms with Crippen molar-refractivity contribution in [2.45, 2.75) is 14.7 Å². The summed E-state index contributed by atoms with van der Waals surface area (Å²) in [5.74, 6) is -2.60. The molecule has 0 aliphatic heterocycles. The van der Waals surface area contributed by atoms with Gasteiger partial charge in [0, 0.05) is 22.2 Å². The van der Waals surface area contributed by atoms with Crippen molar-refractivity contribution in [3.8, 4) is 11.5 Å². The highest BCUT2D eigenvalue weighted by molar-refractivity contribution is 7.86. The molecule has 22 heteroatoms. The maximum atomic E-state index is 12.4. The molecular weight excluding hydrogens is 682 g/mol. The van der Waals surface area contributed by atoms with Crippen molar-refractivity contribution in [3.05, 3.63) is 53.8 Å². The van der Waals surface area contributed by atoms with E-state index < -0.39 is 67.9 Å². The van der Waals surface area contributed by atoms with E-state index in [0.29, 0.717) is 12.1 Å². The van der Waals surface area contributed by atoms with Crippen LogP contribution in [-0.4, -0.2) is 64.1 Å². The normalized spacial score (nSPS) is 12.7. The maximum absolute atomic E-state index is 12.4. The molecule has 0 aliphatic rings. The molecule has 0 radical (unpaired) electrons. The zero-order chi connectivity index (χ0) is 33.1. The van der Waals surface area contributed by atoms with Crippen LogP contribution in [0.25, 0.3) is 21.5 Å². The lowest BCUT2D eigenvalue weighted by Gasteiger charge is -2.15. The summed E-state index contributed by atoms with van der Waals surface area (Å²) in [7, 11) is -15.0. The highest BCUT2D eigenvalue weighted by Crippen LogP contribution is 2.47. The van der Waals surface area contributed by atoms with Crippen molar-refractivity contribution in [2.75, 3.05) is 11.1 Å². The Labute approximate surface area is 257 Å². The van der Waals surface area contributed by atoms with Crippen molar-refractivity contribution >= 4 is 92.5 Å². The van der Waals surface area contributed by atoms with Crippen LogP contribution in [0.1, 0.15) is 0 Å². The average molecular weight is 698 g/mol. The summed E-state index contributed by atoms with van der Waals surface area (Å²) in [4.78, 5) is 8.55. The van der Waals surface area contributed by atoms with Gasteiger partial charge >= 0.3 is 0 Å². The number of nitrogens with one attached hydrogen (secondary N) is 1. The summed E-state index contributed by atoms with van der Waals surface area (Å²) in [5, 5.41) is 30.6. The second-order valence-electron chi connectivity index (χ2n) is 8.97. The van der Waals surface area contributed by atoms with Gasteiger partial charge in [-0.1, -0.05) is 24.3 Å². The number of phenolic OH excluding ortho intramolecular Hbond substituents is 2. The molecule has 0 aliphatic carbocycles. The van der Waals surface area contributed by atoms with Crippen molar-refractivity contribution in [1.29, 1.82) is 0 Å². The summed E-state index contributed by atoms with van der Waals surface area (Å²) in [6, 6.07) is 8.37. The van der Waals surface area contributed by atoms with Crippen LogP contribution < -0.4 is 11.1 Å². The Morgan fingerprint density at radius 3 is 1.98 bits per heavy atom. The number of hydrogen-bond donors (Lipinski definition) is 7. The van der Waals surface area contributed by atoms with Gasteiger partial charge in [-0.25, -0.2) is 0 Å². The number of nitrogens with two attached hydrogens (primary N) is 1. The van der Waals surface area contributed by atoms with Gasteiger partial charge in [0.15, 0.2) is 5.75 Å². The molecule has 4 aromatic carbocycles. The molecule has 0 unspecified atom stereocenters. The number of azo groups is 1. The highest BCUT2D eigenvalue weighted by Gasteiger charge is 2.26. The number of rotatable bonds is 7. The van der Waals surface area contributed by atoms with E-state index in [0.717, 1.165) is 12.1 Å². The standard InChI is InChI=1S/C23H16ClN7O11S3/c24-21-27-22(25)29-23(28-21)26-13-7-10(43(34,35)36)5-9-6-16(45(40,41)42)19(20(33)17(9)13)31-30-18-12-4-2-1-3-11(12)15(8-14(18)32)44(37,38)39/h1-8,32-33H,(H,34,35,36)(H,37,38,39)(H,40,41,42)(H3,25,26,27,28,29). The molecular formula is C23H16ClN7O11S3. The smallest absolute Gasteiger partial charge is 0.296 e. The first-order valence-corrected chi connectivity index (χ1v) is 16.4. The Hall–Kier alpha value is -4.77. The molecule has 1 heterocycles. The lowest BCUT2D eigenvalue weighted by atomic mass is 10.1. The number of halogens is 1. The average Bonchev–Trinajstić information content (AvgIpc) is 2.90. The molecule has 0 saturated heterocycles. The van der Waals surface area contributed by atoms with Gasteiger partial charge in [0.25, 0.3) is 30.4 Å². The molecule has 0 bridgehead atoms. The predicted octanol–water partition coefficient (Wildman–Crippen LogP) is 3.72. The zero-order valence-corrected chi connectivity index (χ0v) is 24.9. The van der Waals surface area contributed by atoms with Gasteiger partial charge < -0.3 is 21.3 Å². The van der Waals surface area contributed by atoms with Crippen molar-refractivity contribution in [1.82, 2.24) is 15.0 Å². The lowest BCUT2D eigenvalue weighted by Crippen LogP contribution is -2.06. The number of hydrogen-bond acceptors (Lipinski definition) is 15. The summed E-state index contributed by atoms with van der Waals surface area (Å²) in [6.07, 6.45) is 0. The van der Waals surface area contributed by atoms with E-state index in [-0.39, 0.29) is 44.4 Å². The van der Waals surface area contributed by atoms with E-state index in [1.165, 1.54) is 24.3 Å². The summed E-state index contributed by atoms with van der Waals surface area (Å²) in [5.41, 5.74) is 3.83. The topological polar surface area (TPSA) is 305 Å². The third-order valence-corrected chi connectivity index (χ3v) is 8.82. The first kappa shape index (κ1) is 31.6. The number of benzene rings is 4. The van der Waals surface area contributed by atoms with Gasteiger partial charge in [-0.2, -0.15) is 40.2 Å². The second-order valence-corrected chi connectivity index (χ2v) is 13.5. The van der Waals surface area contributed by atoms with Gasteiger partial charge in [0.2, 0.25) is 17.2 Å². The van der Waals surface area contributed by atoms with Crippen LogP contribution in [0.4, 0.5) is 29.0 Å². The van der Waals surface area contributed by atoms with Crippen LogP contribution in [0.3, 0.4) is 0 Å². The highest BCUT2D eigenvalue weighted by atomic mass is 35.5. The minimum atomic E-state index is -5.25. The quantitative estimate of drug-likeness (QED) is 0.0940. The zero-order valence-electron chi connectivity index (χ0n) is 21.7. The fourth-order valence-electron chi connectivity index (χ4n) is 4.27. The van der Waals surface area contributed by atoms with Crippen LogP contribution in [0.5, 0.6) is 11.5 Å². The number of phenols is 2. The Balaban J connectivity index is 1.82. The molecule has 5 rings (SSSR count). The molecule has 0 saturated carbocycles. The summed E-state index contributed by atoms with van der Waals surface area (Å²) < 4.78 is 102. The van der Waals surface area contributed by atoms with Gasteiger partial charge in [-0.15, -0.1) is 10.2 Å². The van der Waals surface area contributed by atoms with Gasteiger partial charge in [0.1, 0.15) is 26.9 Å². The lowest BCUT2D eigenvalue weighted by molar-refractivity contribution is 0.468. The van der Waals surface area contributed by atoms with E-state index in [4.69, 9.17) is 17.3 Å². The number of anilines is 3. The fourth-order valence-corrected chi connectivity index (χ4v) is 6.36. The third-order valence-electron chi connectivity index (χ3n) is 6.06. The van der Waals surface area contributed by atoms with Gasteiger partial charge in [-0.05, 0) is 35.2 Å². The Kier molecular flexibility index (Phi) is 7.73. The maximum Gasteiger partial charge on any atom is 0.296 e. The van der Waals surface area contributed by atoms with E-state index in [9.17, 15) is 49.1 Å². The van der Waals surface area contributed by atoms with Crippen LogP contribution in [-0.2, 0) is 30.4 Å². The molecule has 1 aromatic heterocycles. The first-order valence-electron chi connectivity index (χ1n) is 11.7. The van der Waals surface area contributed by atoms with Crippen molar-refractivity contribution in [2.24, 2.45) is 10.2 Å². The number of nitrogen functional groups attached to an aromatic ring is 1. The first-order chi connectivity index (χ1) is 20.8. The molecule has 5 aromatic rings. The minimum absolute atomic E-state index is 0.0768. The Morgan fingerprint density at radius 1 is 0.756 bits per heavy atom. The van der Waals surface area contributed by atoms with Crippen molar-refractivity contribution in [3.63, 3.8) is 0 Å². The number of nitrogens with zero attached hydrogens (tertiary/aromatic N) is 5. The van der Waals surface area contributed by atoms with Gasteiger partial charge in [-0.3, -0.25) is 13.7 Å². The molecule has 45 heavy (non-hydrogen) atoms. The van der Waals surface area contributed by atoms with E-state index >= 15 is 0 Å². The van der Waals surface area contributed by atoms with Crippen LogP contribution in [0.2, 0.25) is 5.28 Å². The Morgan fingerprint density at radius 2 is 1.38 bits per heavy atom. The molecule has 0 spiro atoms. The monoisotopic (exact) mass is 697 g/mol. The molecule has 0 fully saturated rings. The van der Waals surface area contributed by atoms with Crippen LogP contribution in [0.15, 0.2) is 73.4 Å². The fraction of sp³-hybridized carbons (Fsp3) is 0. The van der Waals surface area contributed by atoms with E-state index in [2.05, 4.69) is 30.5 Å². The van der Waals surface area contributed by atoms with Crippen LogP contribution >= 0.6 is 11.6 Å². The number of aromatic hydroxyl groups is 2. The third kappa shape index (κ3) is 6.26.